The lowest BCUT2D eigenvalue weighted by Gasteiger charge is -2.10. The zero-order valence-corrected chi connectivity index (χ0v) is 12.9. The van der Waals surface area contributed by atoms with E-state index in [1.54, 1.807) is 11.3 Å². The Morgan fingerprint density at radius 1 is 1.32 bits per heavy atom. The Kier molecular flexibility index (Phi) is 5.23. The summed E-state index contributed by atoms with van der Waals surface area (Å²) in [7, 11) is 0. The zero-order chi connectivity index (χ0) is 13.7. The van der Waals surface area contributed by atoms with Crippen LogP contribution in [0.2, 0.25) is 0 Å². The number of halogens is 1. The number of rotatable bonds is 6. The van der Waals surface area contributed by atoms with Gasteiger partial charge in [0.25, 0.3) is 0 Å². The highest BCUT2D eigenvalue weighted by Crippen LogP contribution is 2.21. The average Bonchev–Trinajstić information content (AvgIpc) is 2.87. The molecule has 0 N–H and O–H groups in total. The van der Waals surface area contributed by atoms with Crippen LogP contribution in [0, 0.1) is 13.8 Å². The molecule has 4 heteroatoms. The normalized spacial score (nSPS) is 10.7. The smallest absolute Gasteiger partial charge is 0.122 e. The molecule has 0 aliphatic rings. The summed E-state index contributed by atoms with van der Waals surface area (Å²) in [4.78, 5) is 4.44. The molecule has 2 aromatic rings. The number of hydrogen-bond donors (Lipinski definition) is 0. The molecule has 19 heavy (non-hydrogen) atoms. The summed E-state index contributed by atoms with van der Waals surface area (Å²) in [6.45, 7) is 4.92. The predicted molar refractivity (Wildman–Crippen MR) is 81.4 cm³/mol. The number of nitrogens with zero attached hydrogens (tertiary/aromatic N) is 1. The van der Waals surface area contributed by atoms with Crippen molar-refractivity contribution >= 4 is 22.9 Å². The van der Waals surface area contributed by atoms with Crippen molar-refractivity contribution in [3.05, 3.63) is 45.4 Å². The van der Waals surface area contributed by atoms with Crippen LogP contribution in [-0.2, 0) is 12.3 Å². The molecule has 0 unspecified atom stereocenters. The van der Waals surface area contributed by atoms with Gasteiger partial charge >= 0.3 is 0 Å². The molecule has 2 rings (SSSR count). The first kappa shape index (κ1) is 14.4. The number of benzene rings is 1. The summed E-state index contributed by atoms with van der Waals surface area (Å²) in [6.07, 6.45) is 1.93. The van der Waals surface area contributed by atoms with Crippen LogP contribution in [0.5, 0.6) is 5.75 Å². The molecule has 102 valence electrons. The molecule has 0 bridgehead atoms. The summed E-state index contributed by atoms with van der Waals surface area (Å²) in [5, 5.41) is 3.16. The molecule has 0 spiro atoms. The first-order valence-electron chi connectivity index (χ1n) is 6.39. The lowest BCUT2D eigenvalue weighted by Crippen LogP contribution is -2.01. The van der Waals surface area contributed by atoms with E-state index in [0.717, 1.165) is 35.9 Å². The second-order valence-corrected chi connectivity index (χ2v) is 5.73. The first-order chi connectivity index (χ1) is 9.20. The summed E-state index contributed by atoms with van der Waals surface area (Å²) < 4.78 is 5.82. The van der Waals surface area contributed by atoms with Gasteiger partial charge < -0.3 is 4.74 Å². The Morgan fingerprint density at radius 2 is 2.16 bits per heavy atom. The highest BCUT2D eigenvalue weighted by atomic mass is 35.5. The molecule has 0 amide bonds. The van der Waals surface area contributed by atoms with Gasteiger partial charge in [-0.2, -0.15) is 0 Å². The van der Waals surface area contributed by atoms with Crippen molar-refractivity contribution < 1.29 is 4.74 Å². The van der Waals surface area contributed by atoms with Crippen molar-refractivity contribution in [3.63, 3.8) is 0 Å². The van der Waals surface area contributed by atoms with E-state index in [4.69, 9.17) is 16.3 Å². The molecule has 0 aliphatic carbocycles. The highest BCUT2D eigenvalue weighted by Gasteiger charge is 2.03. The summed E-state index contributed by atoms with van der Waals surface area (Å²) >= 11 is 7.41. The fraction of sp³-hybridized carbons (Fsp3) is 0.400. The number of thiazole rings is 1. The van der Waals surface area contributed by atoms with Crippen LogP contribution in [0.1, 0.15) is 28.2 Å². The number of hydrogen-bond acceptors (Lipinski definition) is 3. The largest absolute Gasteiger partial charge is 0.493 e. The first-order valence-corrected chi connectivity index (χ1v) is 7.80. The molecular formula is C15H18ClNOS. The van der Waals surface area contributed by atoms with Gasteiger partial charge in [0.1, 0.15) is 5.75 Å². The van der Waals surface area contributed by atoms with Gasteiger partial charge in [-0.05, 0) is 37.5 Å². The second-order valence-electron chi connectivity index (χ2n) is 4.52. The predicted octanol–water partition coefficient (Wildman–Crippen LogP) is 4.51. The van der Waals surface area contributed by atoms with Gasteiger partial charge in [-0.15, -0.1) is 22.9 Å². The number of ether oxygens (including phenoxy) is 1. The van der Waals surface area contributed by atoms with Crippen molar-refractivity contribution in [1.82, 2.24) is 4.98 Å². The van der Waals surface area contributed by atoms with Gasteiger partial charge in [0, 0.05) is 11.8 Å². The lowest BCUT2D eigenvalue weighted by molar-refractivity contribution is 0.308. The number of alkyl halides is 1. The Hall–Kier alpha value is -1.06. The maximum atomic E-state index is 5.82. The molecule has 1 aromatic heterocycles. The molecule has 0 radical (unpaired) electrons. The van der Waals surface area contributed by atoms with E-state index in [-0.39, 0.29) is 0 Å². The van der Waals surface area contributed by atoms with Crippen molar-refractivity contribution in [3.8, 4) is 5.75 Å². The molecule has 0 saturated heterocycles. The van der Waals surface area contributed by atoms with Gasteiger partial charge in [-0.3, -0.25) is 0 Å². The Balaban J connectivity index is 1.79. The molecule has 1 aromatic carbocycles. The number of aromatic nitrogens is 1. The van der Waals surface area contributed by atoms with E-state index in [2.05, 4.69) is 24.9 Å². The van der Waals surface area contributed by atoms with Crippen molar-refractivity contribution in [2.75, 3.05) is 6.61 Å². The Morgan fingerprint density at radius 3 is 2.89 bits per heavy atom. The molecule has 0 atom stereocenters. The quantitative estimate of drug-likeness (QED) is 0.578. The van der Waals surface area contributed by atoms with E-state index in [9.17, 15) is 0 Å². The minimum absolute atomic E-state index is 0.496. The van der Waals surface area contributed by atoms with E-state index in [1.807, 2.05) is 17.5 Å². The number of aryl methyl sites for hydroxylation is 2. The van der Waals surface area contributed by atoms with Gasteiger partial charge in [-0.25, -0.2) is 4.98 Å². The second kappa shape index (κ2) is 6.92. The maximum absolute atomic E-state index is 5.82. The van der Waals surface area contributed by atoms with Gasteiger partial charge in [0.2, 0.25) is 0 Å². The summed E-state index contributed by atoms with van der Waals surface area (Å²) in [5.41, 5.74) is 3.46. The van der Waals surface area contributed by atoms with Crippen molar-refractivity contribution in [1.29, 1.82) is 0 Å². The van der Waals surface area contributed by atoms with Gasteiger partial charge in [-0.1, -0.05) is 12.1 Å². The molecule has 0 saturated carbocycles. The van der Waals surface area contributed by atoms with Crippen molar-refractivity contribution in [2.45, 2.75) is 32.6 Å². The van der Waals surface area contributed by atoms with Crippen LogP contribution in [0.3, 0.4) is 0 Å². The van der Waals surface area contributed by atoms with Crippen LogP contribution in [-0.4, -0.2) is 11.6 Å². The van der Waals surface area contributed by atoms with E-state index >= 15 is 0 Å². The van der Waals surface area contributed by atoms with Crippen LogP contribution < -0.4 is 4.74 Å². The minimum atomic E-state index is 0.496. The van der Waals surface area contributed by atoms with Crippen LogP contribution >= 0.6 is 22.9 Å². The Labute approximate surface area is 123 Å². The fourth-order valence-corrected chi connectivity index (χ4v) is 2.88. The van der Waals surface area contributed by atoms with Gasteiger partial charge in [0.15, 0.2) is 0 Å². The van der Waals surface area contributed by atoms with Crippen LogP contribution in [0.15, 0.2) is 23.6 Å². The summed E-state index contributed by atoms with van der Waals surface area (Å²) in [6, 6.07) is 6.16. The highest BCUT2D eigenvalue weighted by molar-refractivity contribution is 7.09. The van der Waals surface area contributed by atoms with Crippen LogP contribution in [0.4, 0.5) is 0 Å². The van der Waals surface area contributed by atoms with Gasteiger partial charge in [0.05, 0.1) is 23.2 Å². The average molecular weight is 296 g/mol. The standard InChI is InChI=1S/C15H18ClNOS/c1-11-5-3-6-14(12(11)2)18-8-4-7-15-17-13(9-16)10-19-15/h3,5-6,10H,4,7-9H2,1-2H3. The Bertz CT molecular complexity index is 539. The molecule has 2 nitrogen and oxygen atoms in total. The minimum Gasteiger partial charge on any atom is -0.493 e. The van der Waals surface area contributed by atoms with Crippen LogP contribution in [0.25, 0.3) is 0 Å². The maximum Gasteiger partial charge on any atom is 0.122 e. The third kappa shape index (κ3) is 3.95. The fourth-order valence-electron chi connectivity index (χ4n) is 1.81. The van der Waals surface area contributed by atoms with E-state index in [0.29, 0.717) is 5.88 Å². The molecular weight excluding hydrogens is 278 g/mol. The zero-order valence-electron chi connectivity index (χ0n) is 11.3. The molecule has 1 heterocycles. The molecule has 0 fully saturated rings. The summed E-state index contributed by atoms with van der Waals surface area (Å²) in [5.74, 6) is 1.48. The topological polar surface area (TPSA) is 22.1 Å². The SMILES string of the molecule is Cc1cccc(OCCCc2nc(CCl)cs2)c1C. The van der Waals surface area contributed by atoms with E-state index < -0.39 is 0 Å². The molecule has 0 aliphatic heterocycles. The van der Waals surface area contributed by atoms with E-state index in [1.165, 1.54) is 11.1 Å². The monoisotopic (exact) mass is 295 g/mol. The van der Waals surface area contributed by atoms with Crippen molar-refractivity contribution in [2.24, 2.45) is 0 Å². The third-order valence-electron chi connectivity index (χ3n) is 3.08. The lowest BCUT2D eigenvalue weighted by atomic mass is 10.1. The third-order valence-corrected chi connectivity index (χ3v) is 4.31.